The fourth-order valence-electron chi connectivity index (χ4n) is 3.47. The van der Waals surface area contributed by atoms with Crippen LogP contribution in [0.15, 0.2) is 54.7 Å². The lowest BCUT2D eigenvalue weighted by molar-refractivity contribution is 0.0747. The number of fused-ring (bicyclic) bond motifs is 1. The predicted molar refractivity (Wildman–Crippen MR) is 102 cm³/mol. The van der Waals surface area contributed by atoms with Crippen molar-refractivity contribution in [3.05, 3.63) is 70.9 Å². The highest BCUT2D eigenvalue weighted by Gasteiger charge is 2.25. The number of nitrogens with one attached hydrogen (secondary N) is 1. The van der Waals surface area contributed by atoms with Crippen LogP contribution in [0, 0.1) is 0 Å². The number of halogens is 1. The number of anilines is 2. The van der Waals surface area contributed by atoms with Gasteiger partial charge in [-0.2, -0.15) is 0 Å². The number of hydrogen-bond donors (Lipinski definition) is 1. The zero-order valence-electron chi connectivity index (χ0n) is 13.9. The number of hydrogen-bond acceptors (Lipinski definition) is 3. The molecule has 0 unspecified atom stereocenters. The van der Waals surface area contributed by atoms with Crippen LogP contribution in [0.25, 0.3) is 0 Å². The van der Waals surface area contributed by atoms with Crippen LogP contribution >= 0.6 is 11.6 Å². The number of carbonyl (C=O) groups excluding carboxylic acids is 1. The van der Waals surface area contributed by atoms with Gasteiger partial charge < -0.3 is 15.1 Å². The second-order valence-electron chi connectivity index (χ2n) is 6.32. The van der Waals surface area contributed by atoms with Crippen molar-refractivity contribution in [3.63, 3.8) is 0 Å². The molecule has 0 radical (unpaired) electrons. The minimum Gasteiger partial charge on any atom is -0.366 e. The molecule has 0 aliphatic carbocycles. The average Bonchev–Trinajstić information content (AvgIpc) is 2.69. The Morgan fingerprint density at radius 3 is 2.52 bits per heavy atom. The SMILES string of the molecule is O=C(c1ccccc1)N1CCN(c2ccc(Cl)c3c2NC=CC3)CC1. The van der Waals surface area contributed by atoms with E-state index in [1.54, 1.807) is 0 Å². The number of piperazine rings is 1. The second kappa shape index (κ2) is 6.81. The van der Waals surface area contributed by atoms with Crippen molar-refractivity contribution in [3.8, 4) is 0 Å². The van der Waals surface area contributed by atoms with Gasteiger partial charge in [-0.1, -0.05) is 35.9 Å². The normalized spacial score (nSPS) is 16.4. The van der Waals surface area contributed by atoms with Gasteiger partial charge in [-0.3, -0.25) is 4.79 Å². The summed E-state index contributed by atoms with van der Waals surface area (Å²) < 4.78 is 0. The molecule has 2 aliphatic rings. The summed E-state index contributed by atoms with van der Waals surface area (Å²) in [6.07, 6.45) is 4.90. The lowest BCUT2D eigenvalue weighted by atomic mass is 10.0. The molecule has 1 amide bonds. The molecule has 2 aromatic carbocycles. The van der Waals surface area contributed by atoms with Gasteiger partial charge in [-0.15, -0.1) is 0 Å². The number of benzene rings is 2. The first kappa shape index (κ1) is 16.0. The summed E-state index contributed by atoms with van der Waals surface area (Å²) in [5.74, 6) is 0.111. The van der Waals surface area contributed by atoms with Gasteiger partial charge in [0.1, 0.15) is 0 Å². The van der Waals surface area contributed by atoms with E-state index >= 15 is 0 Å². The Morgan fingerprint density at radius 2 is 1.76 bits per heavy atom. The van der Waals surface area contributed by atoms with Crippen molar-refractivity contribution in [1.29, 1.82) is 0 Å². The van der Waals surface area contributed by atoms with Crippen LogP contribution < -0.4 is 10.2 Å². The van der Waals surface area contributed by atoms with Crippen molar-refractivity contribution in [2.45, 2.75) is 6.42 Å². The molecule has 0 aromatic heterocycles. The molecule has 4 rings (SSSR count). The Labute approximate surface area is 152 Å². The van der Waals surface area contributed by atoms with Gasteiger partial charge in [-0.05, 0) is 36.9 Å². The van der Waals surface area contributed by atoms with Crippen molar-refractivity contribution in [2.75, 3.05) is 36.4 Å². The molecule has 0 saturated carbocycles. The molecular weight excluding hydrogens is 334 g/mol. The Bertz CT molecular complexity index is 811. The summed E-state index contributed by atoms with van der Waals surface area (Å²) in [6.45, 7) is 3.08. The second-order valence-corrected chi connectivity index (χ2v) is 6.72. The summed E-state index contributed by atoms with van der Waals surface area (Å²) in [4.78, 5) is 16.9. The molecule has 1 fully saturated rings. The molecule has 1 N–H and O–H groups in total. The Morgan fingerprint density at radius 1 is 1.00 bits per heavy atom. The highest BCUT2D eigenvalue weighted by atomic mass is 35.5. The van der Waals surface area contributed by atoms with E-state index in [-0.39, 0.29) is 5.91 Å². The number of amides is 1. The first-order valence-electron chi connectivity index (χ1n) is 8.56. The fourth-order valence-corrected chi connectivity index (χ4v) is 3.70. The van der Waals surface area contributed by atoms with E-state index in [0.717, 1.165) is 60.1 Å². The van der Waals surface area contributed by atoms with Crippen LogP contribution in [0.4, 0.5) is 11.4 Å². The number of carbonyl (C=O) groups is 1. The van der Waals surface area contributed by atoms with Crippen molar-refractivity contribution in [1.82, 2.24) is 4.90 Å². The molecule has 0 bridgehead atoms. The largest absolute Gasteiger partial charge is 0.366 e. The lowest BCUT2D eigenvalue weighted by Crippen LogP contribution is -2.49. The quantitative estimate of drug-likeness (QED) is 0.892. The Kier molecular flexibility index (Phi) is 4.36. The minimum atomic E-state index is 0.111. The van der Waals surface area contributed by atoms with Crippen LogP contribution in [-0.4, -0.2) is 37.0 Å². The zero-order valence-corrected chi connectivity index (χ0v) is 14.7. The highest BCUT2D eigenvalue weighted by Crippen LogP contribution is 2.37. The van der Waals surface area contributed by atoms with E-state index in [2.05, 4.69) is 22.4 Å². The Balaban J connectivity index is 1.49. The van der Waals surface area contributed by atoms with Crippen molar-refractivity contribution >= 4 is 28.9 Å². The van der Waals surface area contributed by atoms with Crippen LogP contribution in [0.3, 0.4) is 0 Å². The fraction of sp³-hybridized carbons (Fsp3) is 0.250. The molecule has 2 heterocycles. The van der Waals surface area contributed by atoms with E-state index < -0.39 is 0 Å². The van der Waals surface area contributed by atoms with Crippen LogP contribution in [0.1, 0.15) is 15.9 Å². The summed E-state index contributed by atoms with van der Waals surface area (Å²) in [6, 6.07) is 13.5. The van der Waals surface area contributed by atoms with Gasteiger partial charge in [0.2, 0.25) is 0 Å². The van der Waals surface area contributed by atoms with E-state index in [4.69, 9.17) is 11.6 Å². The maximum Gasteiger partial charge on any atom is 0.253 e. The maximum atomic E-state index is 12.6. The maximum absolute atomic E-state index is 12.6. The van der Waals surface area contributed by atoms with Gasteiger partial charge in [-0.25, -0.2) is 0 Å². The van der Waals surface area contributed by atoms with Crippen molar-refractivity contribution in [2.24, 2.45) is 0 Å². The van der Waals surface area contributed by atoms with Crippen LogP contribution in [0.5, 0.6) is 0 Å². The highest BCUT2D eigenvalue weighted by molar-refractivity contribution is 6.32. The monoisotopic (exact) mass is 353 g/mol. The summed E-state index contributed by atoms with van der Waals surface area (Å²) in [5.41, 5.74) is 4.16. The number of allylic oxidation sites excluding steroid dienone is 1. The molecule has 2 aliphatic heterocycles. The lowest BCUT2D eigenvalue weighted by Gasteiger charge is -2.37. The smallest absolute Gasteiger partial charge is 0.253 e. The van der Waals surface area contributed by atoms with E-state index in [1.807, 2.05) is 47.5 Å². The van der Waals surface area contributed by atoms with E-state index in [9.17, 15) is 4.79 Å². The molecule has 4 nitrogen and oxygen atoms in total. The Hall–Kier alpha value is -2.46. The third kappa shape index (κ3) is 3.10. The number of nitrogens with zero attached hydrogens (tertiary/aromatic N) is 2. The number of rotatable bonds is 2. The predicted octanol–water partition coefficient (Wildman–Crippen LogP) is 3.78. The molecule has 1 saturated heterocycles. The topological polar surface area (TPSA) is 35.6 Å². The minimum absolute atomic E-state index is 0.111. The molecule has 2 aromatic rings. The van der Waals surface area contributed by atoms with E-state index in [0.29, 0.717) is 0 Å². The van der Waals surface area contributed by atoms with Crippen LogP contribution in [0.2, 0.25) is 5.02 Å². The first-order valence-corrected chi connectivity index (χ1v) is 8.94. The van der Waals surface area contributed by atoms with Gasteiger partial charge in [0.25, 0.3) is 5.91 Å². The summed E-state index contributed by atoms with van der Waals surface area (Å²) in [7, 11) is 0. The average molecular weight is 354 g/mol. The van der Waals surface area contributed by atoms with Crippen molar-refractivity contribution < 1.29 is 4.79 Å². The molecule has 0 atom stereocenters. The third-order valence-corrected chi connectivity index (χ3v) is 5.18. The van der Waals surface area contributed by atoms with Crippen LogP contribution in [-0.2, 0) is 6.42 Å². The van der Waals surface area contributed by atoms with Gasteiger partial charge in [0.05, 0.1) is 11.4 Å². The molecule has 5 heteroatoms. The zero-order chi connectivity index (χ0) is 17.2. The summed E-state index contributed by atoms with van der Waals surface area (Å²) in [5, 5.41) is 4.14. The molecule has 0 spiro atoms. The summed E-state index contributed by atoms with van der Waals surface area (Å²) >= 11 is 6.34. The first-order chi connectivity index (χ1) is 12.2. The molecular formula is C20H20ClN3O. The van der Waals surface area contributed by atoms with Gasteiger partial charge in [0, 0.05) is 42.3 Å². The van der Waals surface area contributed by atoms with Gasteiger partial charge in [0.15, 0.2) is 0 Å². The van der Waals surface area contributed by atoms with Gasteiger partial charge >= 0.3 is 0 Å². The molecule has 25 heavy (non-hydrogen) atoms. The third-order valence-electron chi connectivity index (χ3n) is 4.83. The standard InChI is InChI=1S/C20H20ClN3O/c21-17-8-9-18(19-16(17)7-4-10-22-19)23-11-13-24(14-12-23)20(25)15-5-2-1-3-6-15/h1-6,8-10,22H,7,11-14H2. The van der Waals surface area contributed by atoms with E-state index in [1.165, 1.54) is 0 Å². The molecule has 128 valence electrons.